The van der Waals surface area contributed by atoms with Crippen molar-refractivity contribution in [3.8, 4) is 26.9 Å². The zero-order valence-electron chi connectivity index (χ0n) is 19.2. The predicted molar refractivity (Wildman–Crippen MR) is 160 cm³/mol. The minimum atomic E-state index is -0.590. The monoisotopic (exact) mass is 523 g/mol. The molecule has 0 aliphatic rings. The molecule has 0 amide bonds. The van der Waals surface area contributed by atoms with Gasteiger partial charge in [0, 0.05) is 36.0 Å². The van der Waals surface area contributed by atoms with Gasteiger partial charge in [-0.3, -0.25) is 4.09 Å². The van der Waals surface area contributed by atoms with Crippen molar-refractivity contribution in [3.05, 3.63) is 152 Å². The SMILES string of the molecule is c1ccc(-n2p(-c3ccccc3)p(-c3ccccc3)p(-c3ccccc3)p2-c2ccccc2)cc1. The van der Waals surface area contributed by atoms with Crippen LogP contribution in [0.4, 0.5) is 0 Å². The highest BCUT2D eigenvalue weighted by atomic mass is 32.4. The molecule has 0 aliphatic heterocycles. The van der Waals surface area contributed by atoms with Gasteiger partial charge in [-0.2, -0.15) is 0 Å². The fourth-order valence-corrected chi connectivity index (χ4v) is 36.0. The largest absolute Gasteiger partial charge is 0.275 e. The van der Waals surface area contributed by atoms with Gasteiger partial charge in [-0.25, -0.2) is 0 Å². The Hall–Kier alpha value is -2.90. The Labute approximate surface area is 210 Å². The molecule has 35 heavy (non-hydrogen) atoms. The van der Waals surface area contributed by atoms with Crippen molar-refractivity contribution in [1.82, 2.24) is 4.09 Å². The number of aromatic nitrogens is 1. The first-order chi connectivity index (χ1) is 17.4. The molecule has 0 N–H and O–H groups in total. The second kappa shape index (κ2) is 10.4. The zero-order chi connectivity index (χ0) is 23.5. The molecule has 4 unspecified atom stereocenters. The molecule has 0 spiro atoms. The smallest absolute Gasteiger partial charge is 0.0533 e. The lowest BCUT2D eigenvalue weighted by Crippen LogP contribution is -1.87. The van der Waals surface area contributed by atoms with E-state index in [0.29, 0.717) is 0 Å². The molecule has 0 bridgehead atoms. The van der Waals surface area contributed by atoms with Crippen molar-refractivity contribution in [2.45, 2.75) is 0 Å². The van der Waals surface area contributed by atoms with E-state index < -0.39 is 28.5 Å². The van der Waals surface area contributed by atoms with Crippen LogP contribution in [0.25, 0.3) is 26.9 Å². The summed E-state index contributed by atoms with van der Waals surface area (Å²) in [5.74, 6) is 0. The van der Waals surface area contributed by atoms with Crippen LogP contribution in [-0.2, 0) is 0 Å². The molecule has 1 heterocycles. The first kappa shape index (κ1) is 22.6. The summed E-state index contributed by atoms with van der Waals surface area (Å²) in [4.78, 5) is 0. The van der Waals surface area contributed by atoms with Gasteiger partial charge in [0.25, 0.3) is 0 Å². The van der Waals surface area contributed by atoms with Crippen LogP contribution in [0.1, 0.15) is 0 Å². The van der Waals surface area contributed by atoms with Crippen molar-refractivity contribution >= 4 is 28.5 Å². The molecule has 0 saturated carbocycles. The van der Waals surface area contributed by atoms with E-state index in [1.165, 1.54) is 26.9 Å². The topological polar surface area (TPSA) is 4.93 Å². The van der Waals surface area contributed by atoms with E-state index in [4.69, 9.17) is 0 Å². The van der Waals surface area contributed by atoms with Gasteiger partial charge in [0.2, 0.25) is 0 Å². The van der Waals surface area contributed by atoms with Crippen molar-refractivity contribution in [1.29, 1.82) is 0 Å². The van der Waals surface area contributed by atoms with Gasteiger partial charge >= 0.3 is 0 Å². The van der Waals surface area contributed by atoms with Crippen LogP contribution < -0.4 is 0 Å². The third-order valence-corrected chi connectivity index (χ3v) is 29.0. The summed E-state index contributed by atoms with van der Waals surface area (Å²) in [6, 6.07) is 56.5. The van der Waals surface area contributed by atoms with E-state index in [0.717, 1.165) is 0 Å². The van der Waals surface area contributed by atoms with Crippen LogP contribution in [0.15, 0.2) is 152 Å². The highest BCUT2D eigenvalue weighted by Gasteiger charge is 2.26. The maximum absolute atomic E-state index is 2.87. The number of nitrogens with zero attached hydrogens (tertiary/aromatic N) is 1. The molecule has 1 aromatic heterocycles. The van der Waals surface area contributed by atoms with Crippen LogP contribution in [0.3, 0.4) is 0 Å². The summed E-state index contributed by atoms with van der Waals surface area (Å²) < 4.78 is 2.87. The van der Waals surface area contributed by atoms with Gasteiger partial charge in [-0.1, -0.05) is 91.0 Å². The average molecular weight is 523 g/mol. The van der Waals surface area contributed by atoms with Gasteiger partial charge in [-0.15, -0.1) is 0 Å². The summed E-state index contributed by atoms with van der Waals surface area (Å²) in [6.45, 7) is -0.922. The fraction of sp³-hybridized carbons (Fsp3) is 0. The molecule has 170 valence electrons. The first-order valence-corrected chi connectivity index (χ1v) is 19.1. The second-order valence-corrected chi connectivity index (χ2v) is 22.6. The third-order valence-electron chi connectivity index (χ3n) is 5.83. The van der Waals surface area contributed by atoms with E-state index in [-0.39, 0.29) is 0 Å². The van der Waals surface area contributed by atoms with E-state index in [2.05, 4.69) is 156 Å². The van der Waals surface area contributed by atoms with Crippen LogP contribution in [0.5, 0.6) is 0 Å². The number of rotatable bonds is 5. The Morgan fingerprint density at radius 3 is 0.943 bits per heavy atom. The van der Waals surface area contributed by atoms with Crippen molar-refractivity contribution in [2.75, 3.05) is 0 Å². The highest BCUT2D eigenvalue weighted by molar-refractivity contribution is 8.54. The molecule has 5 aromatic carbocycles. The van der Waals surface area contributed by atoms with Gasteiger partial charge in [-0.05, 0) is 74.4 Å². The van der Waals surface area contributed by atoms with Gasteiger partial charge in [0.15, 0.2) is 0 Å². The Bertz CT molecular complexity index is 1250. The molecule has 0 aliphatic carbocycles. The molecule has 1 nitrogen and oxygen atoms in total. The number of hydrogen-bond donors (Lipinski definition) is 0. The van der Waals surface area contributed by atoms with Gasteiger partial charge in [0.1, 0.15) is 0 Å². The van der Waals surface area contributed by atoms with Crippen LogP contribution in [-0.4, -0.2) is 4.09 Å². The minimum Gasteiger partial charge on any atom is -0.275 e. The maximum atomic E-state index is 2.87. The van der Waals surface area contributed by atoms with Crippen LogP contribution in [0, 0.1) is 0 Å². The molecule has 6 rings (SSSR count). The molecule has 0 fully saturated rings. The normalized spacial score (nSPS) is 12.9. The summed E-state index contributed by atoms with van der Waals surface area (Å²) in [5, 5.41) is 6.00. The molecular formula is C30H25NP4. The maximum Gasteiger partial charge on any atom is 0.0533 e. The quantitative estimate of drug-likeness (QED) is 0.212. The fourth-order valence-electron chi connectivity index (χ4n) is 4.30. The Kier molecular flexibility index (Phi) is 6.69. The Morgan fingerprint density at radius 1 is 0.314 bits per heavy atom. The number of hydrogen-bond acceptors (Lipinski definition) is 0. The van der Waals surface area contributed by atoms with Crippen molar-refractivity contribution in [3.63, 3.8) is 0 Å². The average Bonchev–Trinajstić information content (AvgIpc) is 3.32. The highest BCUT2D eigenvalue weighted by Crippen LogP contribution is 2.86. The zero-order valence-corrected chi connectivity index (χ0v) is 22.7. The Balaban J connectivity index is 1.86. The minimum absolute atomic E-state index is 0.461. The molecule has 6 aromatic rings. The summed E-state index contributed by atoms with van der Waals surface area (Å²) >= 11 is 0. The lowest BCUT2D eigenvalue weighted by atomic mass is 10.3. The van der Waals surface area contributed by atoms with E-state index in [1.807, 2.05) is 0 Å². The predicted octanol–water partition coefficient (Wildman–Crippen LogP) is 11.5. The first-order valence-electron chi connectivity index (χ1n) is 11.7. The molecule has 5 heteroatoms. The van der Waals surface area contributed by atoms with E-state index >= 15 is 0 Å². The number of para-hydroxylation sites is 1. The second-order valence-electron chi connectivity index (χ2n) is 8.12. The molecular weight excluding hydrogens is 498 g/mol. The van der Waals surface area contributed by atoms with Crippen molar-refractivity contribution < 1.29 is 0 Å². The molecule has 0 saturated heterocycles. The summed E-state index contributed by atoms with van der Waals surface area (Å²) in [6.07, 6.45) is 0. The van der Waals surface area contributed by atoms with Crippen LogP contribution >= 0.6 is 28.5 Å². The number of benzene rings is 5. The standard InChI is InChI=1S/C30H25NP4/c1-6-16-26(17-7-1)31-32(27-18-8-2-9-19-27)34(29-22-12-4-13-23-29)35(30-24-14-5-15-25-30)33(31)28-20-10-3-11-21-28/h1-25H. The van der Waals surface area contributed by atoms with Crippen molar-refractivity contribution in [2.24, 2.45) is 0 Å². The lowest BCUT2D eigenvalue weighted by molar-refractivity contribution is 1.34. The van der Waals surface area contributed by atoms with Gasteiger partial charge < -0.3 is 0 Å². The molecule has 0 radical (unpaired) electrons. The summed E-state index contributed by atoms with van der Waals surface area (Å²) in [7, 11) is -1.18. The van der Waals surface area contributed by atoms with E-state index in [1.54, 1.807) is 0 Å². The Morgan fingerprint density at radius 2 is 0.600 bits per heavy atom. The van der Waals surface area contributed by atoms with E-state index in [9.17, 15) is 0 Å². The van der Waals surface area contributed by atoms with Crippen LogP contribution in [0.2, 0.25) is 0 Å². The summed E-state index contributed by atoms with van der Waals surface area (Å²) in [5.41, 5.74) is 1.35. The third kappa shape index (κ3) is 4.43. The molecule has 4 atom stereocenters. The van der Waals surface area contributed by atoms with Gasteiger partial charge in [0.05, 0.1) is 5.69 Å². The lowest BCUT2D eigenvalue weighted by Gasteiger charge is -2.15.